The van der Waals surface area contributed by atoms with Crippen molar-refractivity contribution in [3.8, 4) is 6.07 Å². The minimum atomic E-state index is -1.14. The molecule has 3 rings (SSSR count). The van der Waals surface area contributed by atoms with Crippen molar-refractivity contribution in [2.45, 2.75) is 45.1 Å². The second-order valence-corrected chi connectivity index (χ2v) is 8.56. The summed E-state index contributed by atoms with van der Waals surface area (Å²) in [6.45, 7) is 1.41. The van der Waals surface area contributed by atoms with E-state index in [1.54, 1.807) is 0 Å². The number of nitriles is 1. The first-order valence-electron chi connectivity index (χ1n) is 8.92. The topological polar surface area (TPSA) is 79.2 Å². The Labute approximate surface area is 174 Å². The molecule has 1 aliphatic rings. The van der Waals surface area contributed by atoms with Crippen LogP contribution in [0, 0.1) is 17.1 Å². The first-order valence-corrected chi connectivity index (χ1v) is 10.5. The molecule has 0 saturated heterocycles. The van der Waals surface area contributed by atoms with E-state index >= 15 is 0 Å². The van der Waals surface area contributed by atoms with Crippen molar-refractivity contribution in [3.63, 3.8) is 0 Å². The molecule has 2 aromatic rings. The van der Waals surface area contributed by atoms with Gasteiger partial charge in [0, 0.05) is 9.35 Å². The molecule has 8 heteroatoms. The number of aryl methyl sites for hydroxylation is 1. The number of fused-ring (bicyclic) bond motifs is 1. The van der Waals surface area contributed by atoms with Crippen molar-refractivity contribution < 1.29 is 18.7 Å². The van der Waals surface area contributed by atoms with Crippen molar-refractivity contribution >= 4 is 44.1 Å². The Kier molecular flexibility index (Phi) is 6.47. The van der Waals surface area contributed by atoms with Crippen LogP contribution in [0.15, 0.2) is 22.7 Å². The van der Waals surface area contributed by atoms with Crippen molar-refractivity contribution in [1.29, 1.82) is 5.26 Å². The van der Waals surface area contributed by atoms with Crippen LogP contribution in [0.1, 0.15) is 52.5 Å². The highest BCUT2D eigenvalue weighted by Gasteiger charge is 2.25. The van der Waals surface area contributed by atoms with Crippen molar-refractivity contribution in [2.24, 2.45) is 0 Å². The number of hydrogen-bond acceptors (Lipinski definition) is 5. The quantitative estimate of drug-likeness (QED) is 0.511. The number of rotatable bonds is 4. The van der Waals surface area contributed by atoms with Gasteiger partial charge < -0.3 is 10.1 Å². The first-order chi connectivity index (χ1) is 13.4. The summed E-state index contributed by atoms with van der Waals surface area (Å²) in [5.41, 5.74) is 1.26. The van der Waals surface area contributed by atoms with Gasteiger partial charge in [0.05, 0.1) is 11.1 Å². The first kappa shape index (κ1) is 20.5. The van der Waals surface area contributed by atoms with Gasteiger partial charge in [-0.2, -0.15) is 5.26 Å². The Hall–Kier alpha value is -2.24. The van der Waals surface area contributed by atoms with E-state index in [4.69, 9.17) is 4.74 Å². The molecule has 1 amide bonds. The largest absolute Gasteiger partial charge is 0.449 e. The summed E-state index contributed by atoms with van der Waals surface area (Å²) in [6, 6.07) is 6.15. The van der Waals surface area contributed by atoms with E-state index in [0.29, 0.717) is 15.0 Å². The minimum absolute atomic E-state index is 0.247. The predicted molar refractivity (Wildman–Crippen MR) is 108 cm³/mol. The molecular weight excluding hydrogens is 447 g/mol. The highest BCUT2D eigenvalue weighted by molar-refractivity contribution is 9.10. The second-order valence-electron chi connectivity index (χ2n) is 6.54. The van der Waals surface area contributed by atoms with Gasteiger partial charge in [0.25, 0.3) is 5.91 Å². The van der Waals surface area contributed by atoms with Crippen LogP contribution in [0.5, 0.6) is 0 Å². The third-order valence-corrected chi connectivity index (χ3v) is 6.27. The lowest BCUT2D eigenvalue weighted by atomic mass is 10.1. The van der Waals surface area contributed by atoms with Crippen LogP contribution in [-0.4, -0.2) is 18.0 Å². The molecule has 1 atom stereocenters. The molecule has 5 nitrogen and oxygen atoms in total. The van der Waals surface area contributed by atoms with E-state index in [1.165, 1.54) is 30.4 Å². The normalized spacial score (nSPS) is 14.4. The van der Waals surface area contributed by atoms with Gasteiger partial charge in [-0.25, -0.2) is 9.18 Å². The molecule has 146 valence electrons. The third-order valence-electron chi connectivity index (χ3n) is 4.57. The lowest BCUT2D eigenvalue weighted by Gasteiger charge is -2.13. The lowest BCUT2D eigenvalue weighted by molar-refractivity contribution is -0.123. The number of anilines is 1. The van der Waals surface area contributed by atoms with Crippen LogP contribution in [0.2, 0.25) is 0 Å². The van der Waals surface area contributed by atoms with Gasteiger partial charge in [-0.3, -0.25) is 4.79 Å². The average Bonchev–Trinajstić information content (AvgIpc) is 2.81. The number of benzene rings is 1. The molecule has 0 spiro atoms. The predicted octanol–water partition coefficient (Wildman–Crippen LogP) is 4.97. The lowest BCUT2D eigenvalue weighted by Crippen LogP contribution is -2.30. The number of hydrogen-bond donors (Lipinski definition) is 1. The number of carbonyl (C=O) groups excluding carboxylic acids is 2. The summed E-state index contributed by atoms with van der Waals surface area (Å²) in [6.07, 6.45) is 3.82. The van der Waals surface area contributed by atoms with E-state index in [9.17, 15) is 19.2 Å². The highest BCUT2D eigenvalue weighted by atomic mass is 79.9. The number of thiophene rings is 1. The molecule has 1 aliphatic carbocycles. The number of ether oxygens (including phenoxy) is 1. The molecule has 1 unspecified atom stereocenters. The summed E-state index contributed by atoms with van der Waals surface area (Å²) in [4.78, 5) is 25.8. The van der Waals surface area contributed by atoms with Gasteiger partial charge in [0.15, 0.2) is 6.10 Å². The Morgan fingerprint density at radius 3 is 2.79 bits per heavy atom. The fraction of sp³-hybridized carbons (Fsp3) is 0.350. The van der Waals surface area contributed by atoms with Crippen molar-refractivity contribution in [2.75, 3.05) is 5.32 Å². The molecular formula is C20H18BrFN2O3S. The average molecular weight is 465 g/mol. The van der Waals surface area contributed by atoms with Gasteiger partial charge in [-0.1, -0.05) is 22.4 Å². The highest BCUT2D eigenvalue weighted by Crippen LogP contribution is 2.37. The fourth-order valence-electron chi connectivity index (χ4n) is 3.10. The smallest absolute Gasteiger partial charge is 0.341 e. The van der Waals surface area contributed by atoms with E-state index in [-0.39, 0.29) is 5.56 Å². The Morgan fingerprint density at radius 2 is 2.07 bits per heavy atom. The summed E-state index contributed by atoms with van der Waals surface area (Å²) >= 11 is 4.52. The zero-order valence-corrected chi connectivity index (χ0v) is 17.6. The number of nitrogens with one attached hydrogen (secondary N) is 1. The van der Waals surface area contributed by atoms with E-state index in [1.807, 2.05) is 0 Å². The van der Waals surface area contributed by atoms with Crippen LogP contribution in [0.4, 0.5) is 9.39 Å². The maximum absolute atomic E-state index is 13.9. The third kappa shape index (κ3) is 4.42. The standard InChI is InChI=1S/C20H18BrFN2O3S/c1-11(27-20(26)14-8-7-12(21)9-16(14)22)18(25)24-19-15(10-23)13-5-3-2-4-6-17(13)28-19/h7-9,11H,2-6H2,1H3,(H,24,25). The van der Waals surface area contributed by atoms with E-state index in [2.05, 4.69) is 27.3 Å². The number of amides is 1. The van der Waals surface area contributed by atoms with Crippen molar-refractivity contribution in [3.05, 3.63) is 50.1 Å². The summed E-state index contributed by atoms with van der Waals surface area (Å²) in [7, 11) is 0. The second kappa shape index (κ2) is 8.84. The molecule has 1 N–H and O–H groups in total. The minimum Gasteiger partial charge on any atom is -0.449 e. The molecule has 0 saturated carbocycles. The molecule has 1 aromatic carbocycles. The van der Waals surface area contributed by atoms with Crippen LogP contribution >= 0.6 is 27.3 Å². The molecule has 0 radical (unpaired) electrons. The van der Waals surface area contributed by atoms with Crippen LogP contribution in [0.25, 0.3) is 0 Å². The summed E-state index contributed by atoms with van der Waals surface area (Å²) in [5.74, 6) is -2.21. The molecule has 0 bridgehead atoms. The SMILES string of the molecule is CC(OC(=O)c1ccc(Br)cc1F)C(=O)Nc1sc2c(c1C#N)CCCCC2. The van der Waals surface area contributed by atoms with Gasteiger partial charge in [0.2, 0.25) is 0 Å². The van der Waals surface area contributed by atoms with Crippen LogP contribution < -0.4 is 5.32 Å². The van der Waals surface area contributed by atoms with Crippen LogP contribution in [-0.2, 0) is 22.4 Å². The number of esters is 1. The van der Waals surface area contributed by atoms with Crippen molar-refractivity contribution in [1.82, 2.24) is 0 Å². The van der Waals surface area contributed by atoms with Gasteiger partial charge in [0.1, 0.15) is 16.9 Å². The Balaban J connectivity index is 1.71. The monoisotopic (exact) mass is 464 g/mol. The number of nitrogens with zero attached hydrogens (tertiary/aromatic N) is 1. The van der Waals surface area contributed by atoms with Crippen LogP contribution in [0.3, 0.4) is 0 Å². The fourth-order valence-corrected chi connectivity index (χ4v) is 4.67. The molecule has 1 heterocycles. The number of halogens is 2. The zero-order valence-electron chi connectivity index (χ0n) is 15.2. The maximum atomic E-state index is 13.9. The molecule has 0 fully saturated rings. The summed E-state index contributed by atoms with van der Waals surface area (Å²) < 4.78 is 19.5. The Bertz CT molecular complexity index is 967. The van der Waals surface area contributed by atoms with Gasteiger partial charge >= 0.3 is 5.97 Å². The Morgan fingerprint density at radius 1 is 1.32 bits per heavy atom. The summed E-state index contributed by atoms with van der Waals surface area (Å²) in [5, 5.41) is 12.7. The van der Waals surface area contributed by atoms with Gasteiger partial charge in [-0.15, -0.1) is 11.3 Å². The van der Waals surface area contributed by atoms with E-state index in [0.717, 1.165) is 48.6 Å². The van der Waals surface area contributed by atoms with E-state index < -0.39 is 23.8 Å². The molecule has 1 aromatic heterocycles. The maximum Gasteiger partial charge on any atom is 0.341 e. The molecule has 0 aliphatic heterocycles. The zero-order chi connectivity index (χ0) is 20.3. The van der Waals surface area contributed by atoms with Gasteiger partial charge in [-0.05, 0) is 56.4 Å². The number of carbonyl (C=O) groups is 2. The molecule has 28 heavy (non-hydrogen) atoms.